The molecule has 1 unspecified atom stereocenters. The maximum Gasteiger partial charge on any atom is 0.349 e. The number of ether oxygens (including phenoxy) is 1. The number of rotatable bonds is 1. The summed E-state index contributed by atoms with van der Waals surface area (Å²) in [7, 11) is 0. The van der Waals surface area contributed by atoms with Crippen LogP contribution in [-0.2, 0) is 4.79 Å². The topological polar surface area (TPSA) is 59.4 Å². The fourth-order valence-electron chi connectivity index (χ4n) is 0.909. The quantitative estimate of drug-likeness (QED) is 0.705. The number of aromatic nitrogens is 1. The molecule has 1 aliphatic rings. The molecule has 1 N–H and O–H groups in total. The van der Waals surface area contributed by atoms with Crippen LogP contribution in [0.25, 0.3) is 6.08 Å². The summed E-state index contributed by atoms with van der Waals surface area (Å²) < 4.78 is 5.10. The fourth-order valence-corrected chi connectivity index (χ4v) is 1.57. The Kier molecular flexibility index (Phi) is 1.58. The average Bonchev–Trinajstić information content (AvgIpc) is 2.49. The van der Waals surface area contributed by atoms with Crippen molar-refractivity contribution in [1.82, 2.24) is 4.98 Å². The van der Waals surface area contributed by atoms with Gasteiger partial charge in [0.05, 0.1) is 5.51 Å². The van der Waals surface area contributed by atoms with Gasteiger partial charge >= 0.3 is 5.97 Å². The second-order valence-electron chi connectivity index (χ2n) is 2.26. The first-order chi connectivity index (χ1) is 5.77. The molecule has 5 heteroatoms. The molecule has 1 aliphatic heterocycles. The van der Waals surface area contributed by atoms with E-state index in [-0.39, 0.29) is 0 Å². The molecule has 62 valence electrons. The molecule has 0 bridgehead atoms. The third-order valence-electron chi connectivity index (χ3n) is 1.47. The second-order valence-corrected chi connectivity index (χ2v) is 3.08. The van der Waals surface area contributed by atoms with E-state index in [9.17, 15) is 4.79 Å². The molecule has 12 heavy (non-hydrogen) atoms. The number of carboxylic acid groups (broad SMARTS) is 1. The van der Waals surface area contributed by atoms with Crippen LogP contribution in [0, 0.1) is 0 Å². The van der Waals surface area contributed by atoms with Gasteiger partial charge in [-0.2, -0.15) is 0 Å². The molecule has 2 rings (SSSR count). The number of nitrogens with zero attached hydrogens (tertiary/aromatic N) is 1. The lowest BCUT2D eigenvalue weighted by atomic mass is 10.2. The maximum atomic E-state index is 10.5. The van der Waals surface area contributed by atoms with E-state index in [1.807, 2.05) is 0 Å². The predicted molar refractivity (Wildman–Crippen MR) is 43.2 cm³/mol. The lowest BCUT2D eigenvalue weighted by Crippen LogP contribution is -2.25. The van der Waals surface area contributed by atoms with Crippen molar-refractivity contribution in [2.45, 2.75) is 6.10 Å². The summed E-state index contributed by atoms with van der Waals surface area (Å²) in [5.74, 6) is -0.981. The van der Waals surface area contributed by atoms with Crippen LogP contribution in [0.4, 0.5) is 0 Å². The molecule has 0 saturated carbocycles. The van der Waals surface area contributed by atoms with E-state index in [2.05, 4.69) is 4.98 Å². The highest BCUT2D eigenvalue weighted by molar-refractivity contribution is 7.11. The molecule has 2 heterocycles. The number of thiazole rings is 1. The summed E-state index contributed by atoms with van der Waals surface area (Å²) in [6, 6.07) is 0. The largest absolute Gasteiger partial charge is 0.478 e. The van der Waals surface area contributed by atoms with Crippen molar-refractivity contribution >= 4 is 23.4 Å². The molecule has 0 aromatic carbocycles. The van der Waals surface area contributed by atoms with E-state index in [0.717, 1.165) is 0 Å². The Morgan fingerprint density at radius 3 is 3.33 bits per heavy atom. The van der Waals surface area contributed by atoms with E-state index in [0.29, 0.717) is 10.8 Å². The van der Waals surface area contributed by atoms with Crippen molar-refractivity contribution < 1.29 is 14.6 Å². The maximum absolute atomic E-state index is 10.5. The Balaban J connectivity index is 2.30. The van der Waals surface area contributed by atoms with E-state index in [4.69, 9.17) is 9.84 Å². The first-order valence-electron chi connectivity index (χ1n) is 3.28. The number of carboxylic acids is 1. The molecule has 4 nitrogen and oxygen atoms in total. The van der Waals surface area contributed by atoms with Crippen molar-refractivity contribution in [1.29, 1.82) is 0 Å². The third-order valence-corrected chi connectivity index (χ3v) is 2.20. The Morgan fingerprint density at radius 2 is 2.58 bits per heavy atom. The smallest absolute Gasteiger partial charge is 0.349 e. The summed E-state index contributed by atoms with van der Waals surface area (Å²) in [6.07, 6.45) is 2.27. The van der Waals surface area contributed by atoms with Gasteiger partial charge in [0.2, 0.25) is 11.2 Å². The SMILES string of the molecule is O=C(O)C1C=Cc2ncsc2O1. The van der Waals surface area contributed by atoms with Gasteiger partial charge in [0.1, 0.15) is 5.69 Å². The van der Waals surface area contributed by atoms with Crippen LogP contribution in [0.15, 0.2) is 11.6 Å². The predicted octanol–water partition coefficient (Wildman–Crippen LogP) is 1.00. The number of carbonyl (C=O) groups is 1. The lowest BCUT2D eigenvalue weighted by molar-refractivity contribution is -0.142. The monoisotopic (exact) mass is 183 g/mol. The molecule has 0 amide bonds. The normalized spacial score (nSPS) is 19.8. The Morgan fingerprint density at radius 1 is 1.75 bits per heavy atom. The number of hydrogen-bond acceptors (Lipinski definition) is 4. The minimum Gasteiger partial charge on any atom is -0.478 e. The van der Waals surface area contributed by atoms with Crippen LogP contribution in [0.3, 0.4) is 0 Å². The zero-order chi connectivity index (χ0) is 8.55. The van der Waals surface area contributed by atoms with Gasteiger partial charge in [-0.25, -0.2) is 9.78 Å². The van der Waals surface area contributed by atoms with Crippen molar-refractivity contribution in [3.63, 3.8) is 0 Å². The van der Waals surface area contributed by atoms with Gasteiger partial charge in [0.25, 0.3) is 0 Å². The number of aliphatic carboxylic acids is 1. The zero-order valence-corrected chi connectivity index (χ0v) is 6.75. The molecule has 0 aliphatic carbocycles. The van der Waals surface area contributed by atoms with Gasteiger partial charge in [0, 0.05) is 0 Å². The van der Waals surface area contributed by atoms with Crippen LogP contribution < -0.4 is 4.74 Å². The highest BCUT2D eigenvalue weighted by atomic mass is 32.1. The van der Waals surface area contributed by atoms with Crippen molar-refractivity contribution in [3.8, 4) is 5.06 Å². The standard InChI is InChI=1S/C7H5NO3S/c9-6(10)5-2-1-4-7(11-5)12-3-8-4/h1-3,5H,(H,9,10). The van der Waals surface area contributed by atoms with E-state index in [1.54, 1.807) is 11.6 Å². The van der Waals surface area contributed by atoms with Crippen LogP contribution >= 0.6 is 11.3 Å². The first-order valence-corrected chi connectivity index (χ1v) is 4.16. The highest BCUT2D eigenvalue weighted by Crippen LogP contribution is 2.29. The van der Waals surface area contributed by atoms with Crippen LogP contribution in [-0.4, -0.2) is 22.2 Å². The van der Waals surface area contributed by atoms with Crippen LogP contribution in [0.2, 0.25) is 0 Å². The molecule has 1 aromatic rings. The molecule has 0 radical (unpaired) electrons. The van der Waals surface area contributed by atoms with Gasteiger partial charge in [0.15, 0.2) is 0 Å². The highest BCUT2D eigenvalue weighted by Gasteiger charge is 2.22. The van der Waals surface area contributed by atoms with Gasteiger partial charge in [-0.1, -0.05) is 11.3 Å². The van der Waals surface area contributed by atoms with Crippen molar-refractivity contribution in [2.75, 3.05) is 0 Å². The van der Waals surface area contributed by atoms with Crippen LogP contribution in [0.5, 0.6) is 5.06 Å². The number of fused-ring (bicyclic) bond motifs is 1. The Bertz CT molecular complexity index is 344. The molecule has 1 atom stereocenters. The molecular weight excluding hydrogens is 178 g/mol. The number of hydrogen-bond donors (Lipinski definition) is 1. The summed E-state index contributed by atoms with van der Waals surface area (Å²) in [5, 5.41) is 9.18. The van der Waals surface area contributed by atoms with Gasteiger partial charge in [-0.05, 0) is 12.2 Å². The van der Waals surface area contributed by atoms with Gasteiger partial charge in [-0.15, -0.1) is 0 Å². The van der Waals surface area contributed by atoms with Crippen LogP contribution in [0.1, 0.15) is 5.69 Å². The second kappa shape index (κ2) is 2.60. The zero-order valence-electron chi connectivity index (χ0n) is 5.93. The average molecular weight is 183 g/mol. The summed E-state index contributed by atoms with van der Waals surface area (Å²) in [6.45, 7) is 0. The van der Waals surface area contributed by atoms with Gasteiger partial charge in [-0.3, -0.25) is 0 Å². The molecule has 0 fully saturated rings. The van der Waals surface area contributed by atoms with Crippen molar-refractivity contribution in [2.24, 2.45) is 0 Å². The summed E-state index contributed by atoms with van der Waals surface area (Å²) in [4.78, 5) is 14.5. The molecular formula is C7H5NO3S. The molecule has 0 saturated heterocycles. The fraction of sp³-hybridized carbons (Fsp3) is 0.143. The van der Waals surface area contributed by atoms with E-state index >= 15 is 0 Å². The molecule has 1 aromatic heterocycles. The van der Waals surface area contributed by atoms with Crippen molar-refractivity contribution in [3.05, 3.63) is 17.3 Å². The first kappa shape index (κ1) is 7.30. The summed E-state index contributed by atoms with van der Waals surface area (Å²) >= 11 is 1.30. The third kappa shape index (κ3) is 1.08. The van der Waals surface area contributed by atoms with E-state index in [1.165, 1.54) is 17.4 Å². The van der Waals surface area contributed by atoms with Gasteiger partial charge < -0.3 is 9.84 Å². The Hall–Kier alpha value is -1.36. The minimum absolute atomic E-state index is 0.574. The van der Waals surface area contributed by atoms with E-state index < -0.39 is 12.1 Å². The molecule has 0 spiro atoms. The minimum atomic E-state index is -0.981. The Labute approximate surface area is 72.1 Å². The summed E-state index contributed by atoms with van der Waals surface area (Å²) in [5.41, 5.74) is 2.33. The lowest BCUT2D eigenvalue weighted by Gasteiger charge is -2.13.